The van der Waals surface area contributed by atoms with E-state index < -0.39 is 18.0 Å². The molecule has 3 N–H and O–H groups in total. The van der Waals surface area contributed by atoms with E-state index in [1.54, 1.807) is 18.5 Å². The highest BCUT2D eigenvalue weighted by Gasteiger charge is 2.35. The second-order valence-corrected chi connectivity index (χ2v) is 4.17. The Labute approximate surface area is 112 Å². The summed E-state index contributed by atoms with van der Waals surface area (Å²) in [5.41, 5.74) is 5.36. The highest BCUT2D eigenvalue weighted by molar-refractivity contribution is 5.45. The van der Waals surface area contributed by atoms with Gasteiger partial charge >= 0.3 is 6.18 Å². The van der Waals surface area contributed by atoms with Gasteiger partial charge in [0.05, 0.1) is 6.04 Å². The standard InChI is InChI=1S/C10H12F3N7/c1-5(8-19-15-4-20(8)2)16-7-3-6(14)17-9(18-7)10(11,12)13/h3-5H,1-2H3,(H3,14,16,17,18). The van der Waals surface area contributed by atoms with Crippen molar-refractivity contribution in [1.29, 1.82) is 0 Å². The summed E-state index contributed by atoms with van der Waals surface area (Å²) in [5, 5.41) is 10.3. The molecular formula is C10H12F3N7. The van der Waals surface area contributed by atoms with E-state index >= 15 is 0 Å². The molecule has 0 bridgehead atoms. The van der Waals surface area contributed by atoms with Crippen LogP contribution in [0.1, 0.15) is 24.6 Å². The summed E-state index contributed by atoms with van der Waals surface area (Å²) in [4.78, 5) is 6.56. The van der Waals surface area contributed by atoms with Crippen LogP contribution in [0.4, 0.5) is 24.8 Å². The van der Waals surface area contributed by atoms with Gasteiger partial charge in [0.15, 0.2) is 5.82 Å². The molecule has 0 spiro atoms. The topological polar surface area (TPSA) is 94.5 Å². The Morgan fingerprint density at radius 2 is 2.05 bits per heavy atom. The van der Waals surface area contributed by atoms with E-state index in [0.29, 0.717) is 5.82 Å². The molecule has 0 radical (unpaired) electrons. The first-order valence-electron chi connectivity index (χ1n) is 5.59. The van der Waals surface area contributed by atoms with Gasteiger partial charge in [-0.2, -0.15) is 13.2 Å². The molecule has 2 rings (SSSR count). The molecule has 0 saturated carbocycles. The first kappa shape index (κ1) is 14.0. The maximum absolute atomic E-state index is 12.6. The lowest BCUT2D eigenvalue weighted by Crippen LogP contribution is -2.17. The maximum Gasteiger partial charge on any atom is 0.451 e. The highest BCUT2D eigenvalue weighted by atomic mass is 19.4. The summed E-state index contributed by atoms with van der Waals surface area (Å²) in [6, 6.07) is 0.833. The molecule has 10 heteroatoms. The maximum atomic E-state index is 12.6. The minimum atomic E-state index is -4.65. The minimum Gasteiger partial charge on any atom is -0.384 e. The van der Waals surface area contributed by atoms with Gasteiger partial charge in [0.2, 0.25) is 5.82 Å². The smallest absolute Gasteiger partial charge is 0.384 e. The molecule has 0 fully saturated rings. The van der Waals surface area contributed by atoms with Crippen LogP contribution in [0.15, 0.2) is 12.4 Å². The Hall–Kier alpha value is -2.39. The molecule has 0 amide bonds. The summed E-state index contributed by atoms with van der Waals surface area (Å²) in [6.07, 6.45) is -3.16. The molecule has 7 nitrogen and oxygen atoms in total. The molecule has 1 atom stereocenters. The van der Waals surface area contributed by atoms with E-state index in [4.69, 9.17) is 5.73 Å². The minimum absolute atomic E-state index is 0.0275. The number of anilines is 2. The first-order chi connectivity index (χ1) is 9.27. The number of nitrogens with one attached hydrogen (secondary N) is 1. The quantitative estimate of drug-likeness (QED) is 0.885. The summed E-state index contributed by atoms with van der Waals surface area (Å²) in [7, 11) is 1.73. The third-order valence-electron chi connectivity index (χ3n) is 2.50. The van der Waals surface area contributed by atoms with E-state index in [0.717, 1.165) is 0 Å². The Morgan fingerprint density at radius 3 is 2.60 bits per heavy atom. The average molecular weight is 287 g/mol. The Balaban J connectivity index is 2.26. The number of nitrogens with two attached hydrogens (primary N) is 1. The van der Waals surface area contributed by atoms with Crippen molar-refractivity contribution >= 4 is 11.6 Å². The number of aromatic nitrogens is 5. The van der Waals surface area contributed by atoms with E-state index in [1.807, 2.05) is 0 Å². The fourth-order valence-electron chi connectivity index (χ4n) is 1.64. The van der Waals surface area contributed by atoms with Gasteiger partial charge in [-0.25, -0.2) is 9.97 Å². The monoisotopic (exact) mass is 287 g/mol. The first-order valence-corrected chi connectivity index (χ1v) is 5.59. The lowest BCUT2D eigenvalue weighted by Gasteiger charge is -2.15. The summed E-state index contributed by atoms with van der Waals surface area (Å²) in [6.45, 7) is 1.72. The fraction of sp³-hybridized carbons (Fsp3) is 0.400. The average Bonchev–Trinajstić information content (AvgIpc) is 2.73. The molecule has 2 aromatic rings. The van der Waals surface area contributed by atoms with Crippen LogP contribution >= 0.6 is 0 Å². The van der Waals surface area contributed by atoms with E-state index in [2.05, 4.69) is 25.5 Å². The molecular weight excluding hydrogens is 275 g/mol. The molecule has 1 unspecified atom stereocenters. The van der Waals surface area contributed by atoms with Crippen LogP contribution < -0.4 is 11.1 Å². The largest absolute Gasteiger partial charge is 0.451 e. The van der Waals surface area contributed by atoms with Crippen molar-refractivity contribution in [3.63, 3.8) is 0 Å². The number of nitrogens with zero attached hydrogens (tertiary/aromatic N) is 5. The number of rotatable bonds is 3. The molecule has 2 aromatic heterocycles. The Morgan fingerprint density at radius 1 is 1.35 bits per heavy atom. The molecule has 20 heavy (non-hydrogen) atoms. The van der Waals surface area contributed by atoms with Crippen LogP contribution in [0.25, 0.3) is 0 Å². The van der Waals surface area contributed by atoms with Gasteiger partial charge in [0.25, 0.3) is 0 Å². The predicted molar refractivity (Wildman–Crippen MR) is 64.5 cm³/mol. The van der Waals surface area contributed by atoms with Gasteiger partial charge in [-0.3, -0.25) is 0 Å². The fourth-order valence-corrected chi connectivity index (χ4v) is 1.64. The van der Waals surface area contributed by atoms with Crippen LogP contribution in [0.3, 0.4) is 0 Å². The second kappa shape index (κ2) is 4.94. The van der Waals surface area contributed by atoms with E-state index in [-0.39, 0.29) is 11.6 Å². The Bertz CT molecular complexity index is 607. The van der Waals surface area contributed by atoms with Gasteiger partial charge in [-0.15, -0.1) is 10.2 Å². The molecule has 0 aromatic carbocycles. The molecule has 108 valence electrons. The molecule has 0 aliphatic heterocycles. The van der Waals surface area contributed by atoms with Crippen molar-refractivity contribution in [2.45, 2.75) is 19.1 Å². The zero-order valence-electron chi connectivity index (χ0n) is 10.7. The molecule has 0 saturated heterocycles. The molecule has 0 aliphatic carbocycles. The van der Waals surface area contributed by atoms with Crippen molar-refractivity contribution in [2.75, 3.05) is 11.1 Å². The number of hydrogen-bond donors (Lipinski definition) is 2. The predicted octanol–water partition coefficient (Wildman–Crippen LogP) is 1.38. The highest BCUT2D eigenvalue weighted by Crippen LogP contribution is 2.28. The lowest BCUT2D eigenvalue weighted by atomic mass is 10.3. The van der Waals surface area contributed by atoms with Crippen LogP contribution in [0, 0.1) is 0 Å². The molecule has 0 aliphatic rings. The lowest BCUT2D eigenvalue weighted by molar-refractivity contribution is -0.144. The summed E-state index contributed by atoms with van der Waals surface area (Å²) >= 11 is 0. The van der Waals surface area contributed by atoms with Gasteiger partial charge < -0.3 is 15.6 Å². The van der Waals surface area contributed by atoms with E-state index in [1.165, 1.54) is 12.4 Å². The number of hydrogen-bond acceptors (Lipinski definition) is 6. The summed E-state index contributed by atoms with van der Waals surface area (Å²) in [5.74, 6) is -1.03. The van der Waals surface area contributed by atoms with Crippen LogP contribution in [0.2, 0.25) is 0 Å². The van der Waals surface area contributed by atoms with Gasteiger partial charge in [0.1, 0.15) is 18.0 Å². The second-order valence-electron chi connectivity index (χ2n) is 4.17. The summed E-state index contributed by atoms with van der Waals surface area (Å²) < 4.78 is 39.4. The third kappa shape index (κ3) is 2.95. The van der Waals surface area contributed by atoms with Crippen molar-refractivity contribution in [3.05, 3.63) is 24.0 Å². The number of aryl methyl sites for hydroxylation is 1. The SMILES string of the molecule is CC(Nc1cc(N)nc(C(F)(F)F)n1)c1nncn1C. The molecule has 2 heterocycles. The van der Waals surface area contributed by atoms with Crippen molar-refractivity contribution in [2.24, 2.45) is 7.05 Å². The normalized spacial score (nSPS) is 13.2. The van der Waals surface area contributed by atoms with Gasteiger partial charge in [0, 0.05) is 13.1 Å². The third-order valence-corrected chi connectivity index (χ3v) is 2.50. The van der Waals surface area contributed by atoms with Crippen LogP contribution in [-0.2, 0) is 13.2 Å². The van der Waals surface area contributed by atoms with Crippen LogP contribution in [0.5, 0.6) is 0 Å². The zero-order valence-corrected chi connectivity index (χ0v) is 10.7. The van der Waals surface area contributed by atoms with E-state index in [9.17, 15) is 13.2 Å². The zero-order chi connectivity index (χ0) is 14.9. The van der Waals surface area contributed by atoms with Crippen molar-refractivity contribution in [1.82, 2.24) is 24.7 Å². The number of nitrogen functional groups attached to an aromatic ring is 1. The van der Waals surface area contributed by atoms with Crippen LogP contribution in [-0.4, -0.2) is 24.7 Å². The number of alkyl halides is 3. The number of halogens is 3. The van der Waals surface area contributed by atoms with Gasteiger partial charge in [-0.1, -0.05) is 0 Å². The van der Waals surface area contributed by atoms with Crippen molar-refractivity contribution in [3.8, 4) is 0 Å². The van der Waals surface area contributed by atoms with Gasteiger partial charge in [-0.05, 0) is 6.92 Å². The van der Waals surface area contributed by atoms with Crippen molar-refractivity contribution < 1.29 is 13.2 Å². The Kier molecular flexibility index (Phi) is 3.47.